The Morgan fingerprint density at radius 3 is 2.51 bits per heavy atom. The molecule has 4 aromatic heterocycles. The number of aromatic nitrogens is 6. The third-order valence-electron chi connectivity index (χ3n) is 5.84. The number of thioether (sulfide) groups is 1. The lowest BCUT2D eigenvalue weighted by atomic mass is 10.1. The third kappa shape index (κ3) is 3.83. The van der Waals surface area contributed by atoms with E-state index in [4.69, 9.17) is 9.47 Å². The number of benzene rings is 1. The molecule has 5 heterocycles. The second-order valence-electron chi connectivity index (χ2n) is 8.07. The molecular formula is C24H20N6O4S. The van der Waals surface area contributed by atoms with Crippen LogP contribution >= 0.6 is 11.8 Å². The van der Waals surface area contributed by atoms with Gasteiger partial charge >= 0.3 is 0 Å². The van der Waals surface area contributed by atoms with E-state index < -0.39 is 0 Å². The lowest BCUT2D eigenvalue weighted by molar-refractivity contribution is 0.297. The molecule has 176 valence electrons. The number of hydrogen-bond donors (Lipinski definition) is 1. The standard InChI is InChI=1S/C24H20N6O4S/c1-35-24-26-23(27-28-24)30-8-6-18-16(22(30)32)12-15-17(25-18)5-7-29(21(15)31)13-14-3-4-19-20(11-14)34-10-2-9-33-19/h3-8,11-12H,2,9-10,13H2,1H3,(H,26,27,28). The summed E-state index contributed by atoms with van der Waals surface area (Å²) in [6, 6.07) is 10.8. The highest BCUT2D eigenvalue weighted by Gasteiger charge is 2.14. The maximum absolute atomic E-state index is 13.4. The molecule has 11 heteroatoms. The zero-order valence-electron chi connectivity index (χ0n) is 18.7. The summed E-state index contributed by atoms with van der Waals surface area (Å²) >= 11 is 1.37. The number of nitrogens with one attached hydrogen (secondary N) is 1. The van der Waals surface area contributed by atoms with Crippen LogP contribution in [0.2, 0.25) is 0 Å². The van der Waals surface area contributed by atoms with Gasteiger partial charge < -0.3 is 14.0 Å². The summed E-state index contributed by atoms with van der Waals surface area (Å²) < 4.78 is 14.4. The first-order valence-corrected chi connectivity index (χ1v) is 12.2. The average molecular weight is 489 g/mol. The molecule has 0 spiro atoms. The van der Waals surface area contributed by atoms with Gasteiger partial charge in [0.15, 0.2) is 11.5 Å². The molecule has 1 N–H and O–H groups in total. The molecule has 0 unspecified atom stereocenters. The zero-order valence-corrected chi connectivity index (χ0v) is 19.5. The number of H-pyrrole nitrogens is 1. The van der Waals surface area contributed by atoms with E-state index >= 15 is 0 Å². The predicted octanol–water partition coefficient (Wildman–Crippen LogP) is 2.75. The van der Waals surface area contributed by atoms with Gasteiger partial charge in [0.2, 0.25) is 11.1 Å². The van der Waals surface area contributed by atoms with E-state index in [1.54, 1.807) is 35.2 Å². The minimum absolute atomic E-state index is 0.233. The van der Waals surface area contributed by atoms with Crippen molar-refractivity contribution in [2.75, 3.05) is 19.5 Å². The molecule has 0 aliphatic carbocycles. The minimum atomic E-state index is -0.335. The normalized spacial score (nSPS) is 13.3. The van der Waals surface area contributed by atoms with Gasteiger partial charge in [0.25, 0.3) is 11.1 Å². The highest BCUT2D eigenvalue weighted by atomic mass is 32.2. The minimum Gasteiger partial charge on any atom is -0.490 e. The lowest BCUT2D eigenvalue weighted by Gasteiger charge is -2.11. The maximum atomic E-state index is 13.4. The molecule has 6 rings (SSSR count). The zero-order chi connectivity index (χ0) is 23.9. The highest BCUT2D eigenvalue weighted by Crippen LogP contribution is 2.30. The van der Waals surface area contributed by atoms with Crippen LogP contribution in [0.3, 0.4) is 0 Å². The number of ether oxygens (including phenoxy) is 2. The van der Waals surface area contributed by atoms with Crippen molar-refractivity contribution in [3.63, 3.8) is 0 Å². The van der Waals surface area contributed by atoms with Crippen LogP contribution in [0, 0.1) is 0 Å². The molecule has 0 fully saturated rings. The van der Waals surface area contributed by atoms with Gasteiger partial charge in [-0.2, -0.15) is 4.98 Å². The Bertz CT molecular complexity index is 1710. The second-order valence-corrected chi connectivity index (χ2v) is 8.84. The van der Waals surface area contributed by atoms with Crippen LogP contribution in [0.15, 0.2) is 63.5 Å². The van der Waals surface area contributed by atoms with Gasteiger partial charge in [-0.3, -0.25) is 14.2 Å². The van der Waals surface area contributed by atoms with Gasteiger partial charge in [0.05, 0.1) is 41.6 Å². The lowest BCUT2D eigenvalue weighted by Crippen LogP contribution is -2.22. The predicted molar refractivity (Wildman–Crippen MR) is 132 cm³/mol. The molecule has 0 saturated carbocycles. The highest BCUT2D eigenvalue weighted by molar-refractivity contribution is 7.98. The van der Waals surface area contributed by atoms with Crippen LogP contribution < -0.4 is 20.6 Å². The topological polar surface area (TPSA) is 117 Å². The molecule has 35 heavy (non-hydrogen) atoms. The Hall–Kier alpha value is -4.12. The van der Waals surface area contributed by atoms with Crippen LogP contribution in [0.25, 0.3) is 27.8 Å². The van der Waals surface area contributed by atoms with Gasteiger partial charge in [-0.05, 0) is 42.2 Å². The molecule has 0 bridgehead atoms. The number of nitrogens with zero attached hydrogens (tertiary/aromatic N) is 5. The number of hydrogen-bond acceptors (Lipinski definition) is 8. The summed E-state index contributed by atoms with van der Waals surface area (Å²) in [4.78, 5) is 35.4. The van der Waals surface area contributed by atoms with Crippen molar-refractivity contribution < 1.29 is 9.47 Å². The van der Waals surface area contributed by atoms with Crippen molar-refractivity contribution in [3.8, 4) is 17.4 Å². The van der Waals surface area contributed by atoms with Crippen LogP contribution in [-0.4, -0.2) is 48.8 Å². The van der Waals surface area contributed by atoms with Gasteiger partial charge in [-0.15, -0.1) is 5.10 Å². The number of aromatic amines is 1. The first-order chi connectivity index (χ1) is 17.1. The molecule has 1 aromatic carbocycles. The summed E-state index contributed by atoms with van der Waals surface area (Å²) in [5, 5.41) is 8.05. The Morgan fingerprint density at radius 1 is 0.943 bits per heavy atom. The van der Waals surface area contributed by atoms with Gasteiger partial charge in [0, 0.05) is 18.8 Å². The van der Waals surface area contributed by atoms with E-state index in [1.807, 2.05) is 24.5 Å². The van der Waals surface area contributed by atoms with E-state index in [1.165, 1.54) is 16.3 Å². The molecule has 1 aliphatic heterocycles. The molecule has 1 aliphatic rings. The summed E-state index contributed by atoms with van der Waals surface area (Å²) in [6.45, 7) is 1.56. The third-order valence-corrected chi connectivity index (χ3v) is 6.39. The van der Waals surface area contributed by atoms with Gasteiger partial charge in [-0.25, -0.2) is 10.1 Å². The van der Waals surface area contributed by atoms with E-state index in [9.17, 15) is 9.59 Å². The number of fused-ring (bicyclic) bond motifs is 3. The first-order valence-electron chi connectivity index (χ1n) is 11.0. The van der Waals surface area contributed by atoms with Crippen molar-refractivity contribution in [3.05, 3.63) is 75.1 Å². The molecule has 5 aromatic rings. The van der Waals surface area contributed by atoms with E-state index in [-0.39, 0.29) is 11.1 Å². The SMILES string of the molecule is CSc1n[nH]c(-n2ccc3nc4ccn(Cc5ccc6c(c5)OCCCO6)c(=O)c4cc3c2=O)n1. The van der Waals surface area contributed by atoms with Crippen molar-refractivity contribution >= 4 is 33.6 Å². The summed E-state index contributed by atoms with van der Waals surface area (Å²) in [5.41, 5.74) is 1.37. The number of rotatable bonds is 4. The summed E-state index contributed by atoms with van der Waals surface area (Å²) in [7, 11) is 0. The molecular weight excluding hydrogens is 468 g/mol. The maximum Gasteiger partial charge on any atom is 0.266 e. The van der Waals surface area contributed by atoms with E-state index in [2.05, 4.69) is 20.2 Å². The van der Waals surface area contributed by atoms with Gasteiger partial charge in [-0.1, -0.05) is 17.8 Å². The fourth-order valence-electron chi connectivity index (χ4n) is 4.10. The van der Waals surface area contributed by atoms with Crippen molar-refractivity contribution in [1.82, 2.24) is 29.3 Å². The largest absolute Gasteiger partial charge is 0.490 e. The monoisotopic (exact) mass is 488 g/mol. The van der Waals surface area contributed by atoms with Crippen molar-refractivity contribution in [2.45, 2.75) is 18.1 Å². The quantitative estimate of drug-likeness (QED) is 0.303. The Kier molecular flexibility index (Phi) is 5.25. The van der Waals surface area contributed by atoms with Crippen molar-refractivity contribution in [1.29, 1.82) is 0 Å². The van der Waals surface area contributed by atoms with Gasteiger partial charge in [0.1, 0.15) is 0 Å². The molecule has 0 amide bonds. The first kappa shape index (κ1) is 21.4. The van der Waals surface area contributed by atoms with E-state index in [0.29, 0.717) is 64.2 Å². The second kappa shape index (κ2) is 8.58. The summed E-state index contributed by atoms with van der Waals surface area (Å²) in [6.07, 6.45) is 5.99. The Balaban J connectivity index is 1.42. The molecule has 10 nitrogen and oxygen atoms in total. The fraction of sp³-hybridized carbons (Fsp3) is 0.208. The Labute approximate surface area is 202 Å². The van der Waals surface area contributed by atoms with Crippen molar-refractivity contribution in [2.24, 2.45) is 0 Å². The van der Waals surface area contributed by atoms with Crippen LogP contribution in [-0.2, 0) is 6.54 Å². The summed E-state index contributed by atoms with van der Waals surface area (Å²) in [5.74, 6) is 1.70. The fourth-order valence-corrected chi connectivity index (χ4v) is 4.41. The van der Waals surface area contributed by atoms with E-state index in [0.717, 1.165) is 12.0 Å². The smallest absolute Gasteiger partial charge is 0.266 e. The van der Waals surface area contributed by atoms with Crippen LogP contribution in [0.1, 0.15) is 12.0 Å². The molecule has 0 saturated heterocycles. The molecule has 0 atom stereocenters. The number of pyridine rings is 3. The average Bonchev–Trinajstić information content (AvgIpc) is 3.23. The van der Waals surface area contributed by atoms with Crippen LogP contribution in [0.5, 0.6) is 11.5 Å². The van der Waals surface area contributed by atoms with Crippen LogP contribution in [0.4, 0.5) is 0 Å². The molecule has 0 radical (unpaired) electrons. The Morgan fingerprint density at radius 2 is 1.71 bits per heavy atom.